The molecule has 1 aromatic carbocycles. The number of fused-ring (bicyclic) bond motifs is 1. The summed E-state index contributed by atoms with van der Waals surface area (Å²) < 4.78 is 18.8. The highest BCUT2D eigenvalue weighted by atomic mass is 32.1. The SMILES string of the molecule is COc1ccc(C(=O)Nc2nc3c(s2)C[C@@H](N)CC3)c(F)c1. The lowest BCUT2D eigenvalue weighted by molar-refractivity contribution is 0.102. The molecule has 1 atom stereocenters. The van der Waals surface area contributed by atoms with E-state index < -0.39 is 11.7 Å². The van der Waals surface area contributed by atoms with E-state index in [0.29, 0.717) is 10.9 Å². The van der Waals surface area contributed by atoms with Crippen molar-refractivity contribution in [2.75, 3.05) is 12.4 Å². The summed E-state index contributed by atoms with van der Waals surface area (Å²) in [6.07, 6.45) is 2.50. The zero-order valence-corrected chi connectivity index (χ0v) is 12.9. The third-order valence-corrected chi connectivity index (χ3v) is 4.65. The van der Waals surface area contributed by atoms with Crippen LogP contribution in [0.3, 0.4) is 0 Å². The Kier molecular flexibility index (Phi) is 4.08. The van der Waals surface area contributed by atoms with E-state index in [1.807, 2.05) is 0 Å². The van der Waals surface area contributed by atoms with Crippen molar-refractivity contribution in [3.63, 3.8) is 0 Å². The third kappa shape index (κ3) is 2.95. The summed E-state index contributed by atoms with van der Waals surface area (Å²) in [5, 5.41) is 3.14. The number of nitrogens with two attached hydrogens (primary N) is 1. The number of nitrogens with one attached hydrogen (secondary N) is 1. The first-order valence-electron chi connectivity index (χ1n) is 6.96. The van der Waals surface area contributed by atoms with E-state index in [1.165, 1.54) is 30.6 Å². The van der Waals surface area contributed by atoms with Crippen LogP contribution in [0.2, 0.25) is 0 Å². The number of carbonyl (C=O) groups excluding carboxylic acids is 1. The molecule has 22 heavy (non-hydrogen) atoms. The number of hydrogen-bond donors (Lipinski definition) is 2. The Labute approximate surface area is 131 Å². The molecule has 1 aliphatic carbocycles. The highest BCUT2D eigenvalue weighted by Gasteiger charge is 2.21. The highest BCUT2D eigenvalue weighted by Crippen LogP contribution is 2.29. The maximum Gasteiger partial charge on any atom is 0.260 e. The summed E-state index contributed by atoms with van der Waals surface area (Å²) in [5.41, 5.74) is 6.88. The monoisotopic (exact) mass is 321 g/mol. The molecular weight excluding hydrogens is 305 g/mol. The van der Waals surface area contributed by atoms with Crippen LogP contribution in [-0.4, -0.2) is 24.0 Å². The van der Waals surface area contributed by atoms with Crippen molar-refractivity contribution >= 4 is 22.4 Å². The molecule has 7 heteroatoms. The maximum absolute atomic E-state index is 13.9. The minimum Gasteiger partial charge on any atom is -0.497 e. The Morgan fingerprint density at radius 1 is 1.55 bits per heavy atom. The van der Waals surface area contributed by atoms with Crippen LogP contribution in [0.4, 0.5) is 9.52 Å². The number of amides is 1. The van der Waals surface area contributed by atoms with Crippen LogP contribution < -0.4 is 15.8 Å². The van der Waals surface area contributed by atoms with Crippen LogP contribution in [0, 0.1) is 5.82 Å². The maximum atomic E-state index is 13.9. The van der Waals surface area contributed by atoms with Crippen molar-refractivity contribution in [3.8, 4) is 5.75 Å². The average Bonchev–Trinajstić information content (AvgIpc) is 2.88. The van der Waals surface area contributed by atoms with Crippen molar-refractivity contribution < 1.29 is 13.9 Å². The van der Waals surface area contributed by atoms with Gasteiger partial charge in [-0.3, -0.25) is 10.1 Å². The van der Waals surface area contributed by atoms with Gasteiger partial charge < -0.3 is 10.5 Å². The minimum absolute atomic E-state index is 0.0364. The molecule has 3 rings (SSSR count). The van der Waals surface area contributed by atoms with E-state index >= 15 is 0 Å². The van der Waals surface area contributed by atoms with Gasteiger partial charge in [0.05, 0.1) is 18.4 Å². The standard InChI is InChI=1S/C15H16FN3O2S/c1-21-9-3-4-10(11(16)7-9)14(20)19-15-18-12-5-2-8(17)6-13(12)22-15/h3-4,7-8H,2,5-6,17H2,1H3,(H,18,19,20)/t8-/m0/s1. The number of hydrogen-bond acceptors (Lipinski definition) is 5. The fraction of sp³-hybridized carbons (Fsp3) is 0.333. The van der Waals surface area contributed by atoms with Gasteiger partial charge in [0.2, 0.25) is 0 Å². The molecule has 1 aromatic heterocycles. The Morgan fingerprint density at radius 3 is 3.09 bits per heavy atom. The number of anilines is 1. The third-order valence-electron chi connectivity index (χ3n) is 3.62. The second kappa shape index (κ2) is 6.02. The second-order valence-corrected chi connectivity index (χ2v) is 6.28. The van der Waals surface area contributed by atoms with Gasteiger partial charge >= 0.3 is 0 Å². The summed E-state index contributed by atoms with van der Waals surface area (Å²) in [7, 11) is 1.44. The highest BCUT2D eigenvalue weighted by molar-refractivity contribution is 7.15. The van der Waals surface area contributed by atoms with Gasteiger partial charge in [-0.2, -0.15) is 0 Å². The van der Waals surface area contributed by atoms with Crippen molar-refractivity contribution in [1.29, 1.82) is 0 Å². The number of rotatable bonds is 3. The number of methoxy groups -OCH3 is 1. The molecule has 3 N–H and O–H groups in total. The molecule has 1 aliphatic rings. The normalized spacial score (nSPS) is 17.0. The lowest BCUT2D eigenvalue weighted by Crippen LogP contribution is -2.27. The van der Waals surface area contributed by atoms with E-state index in [2.05, 4.69) is 10.3 Å². The number of benzene rings is 1. The van der Waals surface area contributed by atoms with E-state index in [0.717, 1.165) is 29.8 Å². The van der Waals surface area contributed by atoms with Crippen LogP contribution >= 0.6 is 11.3 Å². The summed E-state index contributed by atoms with van der Waals surface area (Å²) in [5.74, 6) is -0.775. The number of aryl methyl sites for hydroxylation is 1. The van der Waals surface area contributed by atoms with Crippen LogP contribution in [0.15, 0.2) is 18.2 Å². The zero-order valence-electron chi connectivity index (χ0n) is 12.1. The van der Waals surface area contributed by atoms with Crippen molar-refractivity contribution in [3.05, 3.63) is 40.2 Å². The number of halogens is 1. The first-order chi connectivity index (χ1) is 10.6. The van der Waals surface area contributed by atoms with Crippen LogP contribution in [-0.2, 0) is 12.8 Å². The number of aromatic nitrogens is 1. The Hall–Kier alpha value is -1.99. The van der Waals surface area contributed by atoms with E-state index in [-0.39, 0.29) is 11.6 Å². The Morgan fingerprint density at radius 2 is 2.36 bits per heavy atom. The van der Waals surface area contributed by atoms with Gasteiger partial charge in [0, 0.05) is 17.0 Å². The molecule has 5 nitrogen and oxygen atoms in total. The Balaban J connectivity index is 1.77. The van der Waals surface area contributed by atoms with E-state index in [4.69, 9.17) is 10.5 Å². The van der Waals surface area contributed by atoms with Gasteiger partial charge in [-0.15, -0.1) is 11.3 Å². The molecule has 116 valence electrons. The fourth-order valence-corrected chi connectivity index (χ4v) is 3.52. The summed E-state index contributed by atoms with van der Waals surface area (Å²) in [6.45, 7) is 0. The number of carbonyl (C=O) groups is 1. The minimum atomic E-state index is -0.625. The molecule has 0 saturated carbocycles. The summed E-state index contributed by atoms with van der Waals surface area (Å²) >= 11 is 1.41. The van der Waals surface area contributed by atoms with Crippen LogP contribution in [0.1, 0.15) is 27.3 Å². The van der Waals surface area contributed by atoms with Gasteiger partial charge in [0.15, 0.2) is 5.13 Å². The molecule has 0 aliphatic heterocycles. The predicted octanol–water partition coefficient (Wildman–Crippen LogP) is 2.36. The Bertz CT molecular complexity index is 717. The largest absolute Gasteiger partial charge is 0.497 e. The van der Waals surface area contributed by atoms with E-state index in [1.54, 1.807) is 6.07 Å². The second-order valence-electron chi connectivity index (χ2n) is 5.19. The van der Waals surface area contributed by atoms with E-state index in [9.17, 15) is 9.18 Å². The molecular formula is C15H16FN3O2S. The number of thiazole rings is 1. The zero-order chi connectivity index (χ0) is 15.7. The van der Waals surface area contributed by atoms with Gasteiger partial charge in [0.1, 0.15) is 11.6 Å². The molecule has 0 saturated heterocycles. The van der Waals surface area contributed by atoms with Gasteiger partial charge in [-0.1, -0.05) is 0 Å². The molecule has 0 spiro atoms. The van der Waals surface area contributed by atoms with Crippen molar-refractivity contribution in [1.82, 2.24) is 4.98 Å². The average molecular weight is 321 g/mol. The lowest BCUT2D eigenvalue weighted by Gasteiger charge is -2.15. The fourth-order valence-electron chi connectivity index (χ4n) is 2.43. The topological polar surface area (TPSA) is 77.2 Å². The first-order valence-corrected chi connectivity index (χ1v) is 7.77. The van der Waals surface area contributed by atoms with Crippen molar-refractivity contribution in [2.24, 2.45) is 5.73 Å². The summed E-state index contributed by atoms with van der Waals surface area (Å²) in [6, 6.07) is 4.27. The number of nitrogens with zero attached hydrogens (tertiary/aromatic N) is 1. The lowest BCUT2D eigenvalue weighted by atomic mass is 9.99. The quantitative estimate of drug-likeness (QED) is 0.910. The smallest absolute Gasteiger partial charge is 0.260 e. The molecule has 0 fully saturated rings. The molecule has 0 bridgehead atoms. The first kappa shape index (κ1) is 14.9. The van der Waals surface area contributed by atoms with Crippen LogP contribution in [0.25, 0.3) is 0 Å². The molecule has 2 aromatic rings. The van der Waals surface area contributed by atoms with Gasteiger partial charge in [0.25, 0.3) is 5.91 Å². The van der Waals surface area contributed by atoms with Crippen LogP contribution in [0.5, 0.6) is 5.75 Å². The summed E-state index contributed by atoms with van der Waals surface area (Å²) in [4.78, 5) is 17.7. The molecule has 0 radical (unpaired) electrons. The van der Waals surface area contributed by atoms with Gasteiger partial charge in [-0.25, -0.2) is 9.37 Å². The molecule has 0 unspecified atom stereocenters. The molecule has 1 heterocycles. The number of ether oxygens (including phenoxy) is 1. The van der Waals surface area contributed by atoms with Crippen molar-refractivity contribution in [2.45, 2.75) is 25.3 Å². The molecule has 1 amide bonds. The predicted molar refractivity (Wildman–Crippen MR) is 83.0 cm³/mol. The van der Waals surface area contributed by atoms with Gasteiger partial charge in [-0.05, 0) is 31.4 Å².